The second-order valence-corrected chi connectivity index (χ2v) is 17.6. The number of amides is 1. The van der Waals surface area contributed by atoms with Gasteiger partial charge in [-0.05, 0) is 86.6 Å². The van der Waals surface area contributed by atoms with Gasteiger partial charge in [-0.2, -0.15) is 15.3 Å². The molecule has 60 heavy (non-hydrogen) atoms. The number of carbonyl (C=O) groups is 1. The van der Waals surface area contributed by atoms with Gasteiger partial charge < -0.3 is 31.0 Å². The smallest absolute Gasteiger partial charge is 0.872 e. The van der Waals surface area contributed by atoms with E-state index in [1.165, 1.54) is 12.4 Å². The van der Waals surface area contributed by atoms with Gasteiger partial charge in [0, 0.05) is 24.7 Å². The Hall–Kier alpha value is -4.84. The molecule has 0 fully saturated rings. The zero-order valence-electron chi connectivity index (χ0n) is 37.9. The Morgan fingerprint density at radius 3 is 1.32 bits per heavy atom. The van der Waals surface area contributed by atoms with E-state index in [9.17, 15) is 20.1 Å². The second kappa shape index (κ2) is 25.7. The molecule has 0 aliphatic rings. The molecule has 0 aliphatic heterocycles. The van der Waals surface area contributed by atoms with Crippen LogP contribution in [0.4, 0.5) is 0 Å². The van der Waals surface area contributed by atoms with E-state index in [0.29, 0.717) is 22.3 Å². The molecular weight excluding hydrogens is 800 g/mol. The van der Waals surface area contributed by atoms with Crippen LogP contribution in [0.1, 0.15) is 146 Å². The molecule has 0 saturated carbocycles. The van der Waals surface area contributed by atoms with Crippen molar-refractivity contribution in [1.82, 2.24) is 5.43 Å². The van der Waals surface area contributed by atoms with Crippen LogP contribution in [-0.2, 0) is 38.7 Å². The molecule has 4 aromatic rings. The Balaban J connectivity index is 0. The molecule has 0 bridgehead atoms. The molecule has 0 spiro atoms. The van der Waals surface area contributed by atoms with Crippen LogP contribution in [0, 0.1) is 0 Å². The van der Waals surface area contributed by atoms with Gasteiger partial charge in [-0.25, -0.2) is 5.43 Å². The molecule has 11 nitrogen and oxygen atoms in total. The largest absolute Gasteiger partial charge is 3.00 e. The van der Waals surface area contributed by atoms with E-state index in [1.807, 2.05) is 77.9 Å². The van der Waals surface area contributed by atoms with Gasteiger partial charge in [-0.15, -0.1) is 0 Å². The minimum atomic E-state index is -0.433. The standard InChI is InChI=1S/2C22H28N2O2.2C2H6O.Fe.H2O/c2*1-21(2,3)17-12-16(19(25)18(13-17)22(4,5)6)14-23-24-20(26)15-10-8-7-9-11-15;2*1-2-3;;/h2*7-14,25H,1-6H3,(H,24,26);2*3H,2H2,1H3;;1H2/q;;;;+3;/p-3/b2*23-14+;;;;. The van der Waals surface area contributed by atoms with E-state index >= 15 is 0 Å². The maximum Gasteiger partial charge on any atom is 3.00 e. The maximum atomic E-state index is 12.8. The Kier molecular flexibility index (Phi) is 24.5. The van der Waals surface area contributed by atoms with Gasteiger partial charge in [0.2, 0.25) is 0 Å². The van der Waals surface area contributed by atoms with Gasteiger partial charge in [-0.1, -0.05) is 167 Å². The van der Waals surface area contributed by atoms with E-state index in [4.69, 9.17) is 10.2 Å². The van der Waals surface area contributed by atoms with E-state index in [2.05, 4.69) is 62.3 Å². The molecule has 329 valence electrons. The van der Waals surface area contributed by atoms with Crippen molar-refractivity contribution in [2.75, 3.05) is 13.2 Å². The van der Waals surface area contributed by atoms with Gasteiger partial charge >= 0.3 is 17.1 Å². The number of carbonyl (C=O) groups excluding carboxylic acids is 1. The van der Waals surface area contributed by atoms with Crippen molar-refractivity contribution in [3.05, 3.63) is 129 Å². The first-order valence-electron chi connectivity index (χ1n) is 19.5. The van der Waals surface area contributed by atoms with Crippen LogP contribution in [0.3, 0.4) is 0 Å². The van der Waals surface area contributed by atoms with Crippen LogP contribution in [-0.4, -0.2) is 53.1 Å². The molecule has 4 aromatic carbocycles. The van der Waals surface area contributed by atoms with E-state index in [1.54, 1.807) is 62.4 Å². The first-order valence-corrected chi connectivity index (χ1v) is 19.5. The van der Waals surface area contributed by atoms with Crippen molar-refractivity contribution < 1.29 is 52.9 Å². The average Bonchev–Trinajstić information content (AvgIpc) is 3.12. The average molecular weight is 868 g/mol. The molecule has 4 rings (SSSR count). The van der Waals surface area contributed by atoms with Crippen LogP contribution in [0.5, 0.6) is 11.5 Å². The monoisotopic (exact) mass is 867 g/mol. The van der Waals surface area contributed by atoms with Gasteiger partial charge in [-0.3, -0.25) is 4.79 Å². The van der Waals surface area contributed by atoms with Crippen molar-refractivity contribution in [3.63, 3.8) is 0 Å². The number of hydrogen-bond donors (Lipinski definition) is 3. The molecule has 1 radical (unpaired) electrons. The predicted molar refractivity (Wildman–Crippen MR) is 238 cm³/mol. The van der Waals surface area contributed by atoms with Crippen LogP contribution < -0.4 is 20.7 Å². The zero-order valence-corrected chi connectivity index (χ0v) is 39.0. The van der Waals surface area contributed by atoms with Crippen molar-refractivity contribution in [1.29, 1.82) is 0 Å². The molecule has 0 unspecified atom stereocenters. The van der Waals surface area contributed by atoms with Crippen molar-refractivity contribution in [2.45, 2.75) is 119 Å². The minimum absolute atomic E-state index is 0. The zero-order chi connectivity index (χ0) is 44.5. The Morgan fingerprint density at radius 1 is 0.617 bits per heavy atom. The predicted octanol–water partition coefficient (Wildman–Crippen LogP) is 6.79. The number of nitrogens with one attached hydrogen (secondary N) is 1. The molecule has 0 aliphatic carbocycles. The number of nitrogens with zero attached hydrogens (tertiary/aromatic N) is 3. The van der Waals surface area contributed by atoms with Crippen LogP contribution in [0.2, 0.25) is 0 Å². The van der Waals surface area contributed by atoms with Crippen molar-refractivity contribution >= 4 is 24.2 Å². The summed E-state index contributed by atoms with van der Waals surface area (Å²) >= 11 is 0. The summed E-state index contributed by atoms with van der Waals surface area (Å²) in [6.45, 7) is 28.6. The fraction of sp³-hybridized carbons (Fsp3) is 0.417. The quantitative estimate of drug-likeness (QED) is 0.0823. The maximum absolute atomic E-state index is 12.8. The molecule has 0 saturated heterocycles. The number of rotatable bonds is 6. The minimum Gasteiger partial charge on any atom is -0.872 e. The number of aliphatic hydroxyl groups is 2. The number of hydrogen-bond acceptors (Lipinski definition) is 9. The third kappa shape index (κ3) is 19.0. The molecule has 5 N–H and O–H groups in total. The fourth-order valence-corrected chi connectivity index (χ4v) is 5.07. The SMILES string of the molecule is CC(C)(C)c1cc(/C=N/N=C(\[O-])c2ccccc2)c([O-])c(C(C)(C)C)c1.CC(C)(C)c1cc(/C=N/NC(=O)c2ccccc2)c([O-])c(C(C)(C)C)c1.CCO.CCO.O.[Fe+3]. The van der Waals surface area contributed by atoms with Crippen LogP contribution in [0.25, 0.3) is 0 Å². The summed E-state index contributed by atoms with van der Waals surface area (Å²) < 4.78 is 0. The molecule has 0 heterocycles. The topological polar surface area (TPSA) is 207 Å². The van der Waals surface area contributed by atoms with Crippen molar-refractivity contribution in [3.8, 4) is 11.5 Å². The fourth-order valence-electron chi connectivity index (χ4n) is 5.07. The number of aliphatic hydroxyl groups excluding tert-OH is 2. The summed E-state index contributed by atoms with van der Waals surface area (Å²) in [5.74, 6) is -0.866. The summed E-state index contributed by atoms with van der Waals surface area (Å²) in [5.41, 5.74) is 7.26. The van der Waals surface area contributed by atoms with E-state index < -0.39 is 5.90 Å². The van der Waals surface area contributed by atoms with E-state index in [-0.39, 0.29) is 74.8 Å². The summed E-state index contributed by atoms with van der Waals surface area (Å²) in [6, 6.07) is 25.2. The Labute approximate surface area is 369 Å². The summed E-state index contributed by atoms with van der Waals surface area (Å²) in [4.78, 5) is 12.1. The van der Waals surface area contributed by atoms with Gasteiger partial charge in [0.15, 0.2) is 0 Å². The number of benzene rings is 4. The first kappa shape index (κ1) is 57.3. The van der Waals surface area contributed by atoms with Gasteiger partial charge in [0.05, 0.1) is 12.4 Å². The Bertz CT molecular complexity index is 1970. The Morgan fingerprint density at radius 2 is 0.967 bits per heavy atom. The van der Waals surface area contributed by atoms with Gasteiger partial charge in [0.25, 0.3) is 5.91 Å². The molecule has 12 heteroatoms. The van der Waals surface area contributed by atoms with Crippen LogP contribution >= 0.6 is 0 Å². The van der Waals surface area contributed by atoms with Gasteiger partial charge in [0.1, 0.15) is 0 Å². The van der Waals surface area contributed by atoms with E-state index in [0.717, 1.165) is 22.3 Å². The molecule has 1 amide bonds. The third-order valence-electron chi connectivity index (χ3n) is 8.36. The number of hydrazone groups is 1. The van der Waals surface area contributed by atoms with Crippen molar-refractivity contribution in [2.24, 2.45) is 15.3 Å². The first-order chi connectivity index (χ1) is 26.8. The summed E-state index contributed by atoms with van der Waals surface area (Å²) in [7, 11) is 0. The molecular formula is C48H67FeN4O7. The normalized spacial score (nSPS) is 11.8. The summed E-state index contributed by atoms with van der Waals surface area (Å²) in [6.07, 6.45) is 2.82. The molecule has 0 atom stereocenters. The molecule has 0 aromatic heterocycles. The summed E-state index contributed by atoms with van der Waals surface area (Å²) in [5, 5.41) is 64.4. The second-order valence-electron chi connectivity index (χ2n) is 17.6. The third-order valence-corrected chi connectivity index (χ3v) is 8.36. The van der Waals surface area contributed by atoms with Crippen LogP contribution in [0.15, 0.2) is 100 Å².